The molecule has 0 aromatic heterocycles. The number of fused-ring (bicyclic) bond motifs is 1. The number of nitrogens with two attached hydrogens (primary N) is 1. The maximum Gasteiger partial charge on any atom is 0.326 e. The van der Waals surface area contributed by atoms with E-state index in [4.69, 9.17) is 22.1 Å². The number of carbonyl (C=O) groups excluding carboxylic acids is 5. The zero-order valence-electron chi connectivity index (χ0n) is 25.7. The number of carboxylic acid groups (broad SMARTS) is 1. The molecule has 1 fully saturated rings. The Morgan fingerprint density at radius 2 is 1.89 bits per heavy atom. The number of carbonyl (C=O) groups is 6. The van der Waals surface area contributed by atoms with Crippen LogP contribution < -0.4 is 5.73 Å². The van der Waals surface area contributed by atoms with Crippen molar-refractivity contribution in [2.24, 2.45) is 11.7 Å². The monoisotopic (exact) mass is 629 g/mol. The molecule has 2 amide bonds. The van der Waals surface area contributed by atoms with Gasteiger partial charge in [-0.25, -0.2) is 4.79 Å². The van der Waals surface area contributed by atoms with Crippen LogP contribution in [0.3, 0.4) is 0 Å². The number of rotatable bonds is 11. The molecule has 1 aliphatic carbocycles. The van der Waals surface area contributed by atoms with E-state index >= 15 is 0 Å². The molecular formula is C32H40ClN3O8. The van der Waals surface area contributed by atoms with Gasteiger partial charge in [-0.2, -0.15) is 0 Å². The first-order valence-electron chi connectivity index (χ1n) is 14.7. The van der Waals surface area contributed by atoms with Crippen molar-refractivity contribution in [2.75, 3.05) is 6.54 Å². The van der Waals surface area contributed by atoms with Crippen LogP contribution in [-0.4, -0.2) is 74.5 Å². The molecule has 44 heavy (non-hydrogen) atoms. The Morgan fingerprint density at radius 1 is 1.20 bits per heavy atom. The second-order valence-corrected chi connectivity index (χ2v) is 11.9. The Morgan fingerprint density at radius 3 is 2.48 bits per heavy atom. The number of ether oxygens (including phenoxy) is 1. The molecule has 3 aliphatic rings. The maximum absolute atomic E-state index is 14.1. The number of likely N-dealkylation sites (tertiary alicyclic amines) is 1. The summed E-state index contributed by atoms with van der Waals surface area (Å²) < 4.78 is 5.18. The predicted octanol–water partition coefficient (Wildman–Crippen LogP) is 3.68. The highest BCUT2D eigenvalue weighted by Crippen LogP contribution is 2.41. The van der Waals surface area contributed by atoms with E-state index in [-0.39, 0.29) is 35.6 Å². The Labute approximate surface area is 262 Å². The van der Waals surface area contributed by atoms with Gasteiger partial charge >= 0.3 is 11.9 Å². The van der Waals surface area contributed by atoms with Gasteiger partial charge in [-0.1, -0.05) is 49.6 Å². The number of ketones is 2. The fourth-order valence-corrected chi connectivity index (χ4v) is 5.90. The number of halogens is 1. The quantitative estimate of drug-likeness (QED) is 0.197. The van der Waals surface area contributed by atoms with Gasteiger partial charge in [0.15, 0.2) is 0 Å². The number of hydrogen-bond acceptors (Lipinski definition) is 8. The van der Waals surface area contributed by atoms with Crippen molar-refractivity contribution >= 4 is 46.9 Å². The van der Waals surface area contributed by atoms with E-state index in [9.17, 15) is 33.9 Å². The standard InChI is InChI=1S/C32H40ClN3O8/c1-6-18(2)15-19(3)10-11-21-16-22-23(28(39)32(5,44-20(4)37)29(40)27(22)33)17-36(21)24-9-7-8-14-35(30(24)41)25(31(42)43)12-13-26(34)38/h10-11,15-18,24-25H,6-9,12-14H2,1-5H3,(H2,34,38)(H,42,43)/b11-10+,19-15+. The molecule has 1 saturated heterocycles. The Hall–Kier alpha value is -3.99. The third-order valence-electron chi connectivity index (χ3n) is 8.11. The van der Waals surface area contributed by atoms with E-state index in [2.05, 4.69) is 19.9 Å². The lowest BCUT2D eigenvalue weighted by molar-refractivity contribution is -0.167. The predicted molar refractivity (Wildman–Crippen MR) is 163 cm³/mol. The lowest BCUT2D eigenvalue weighted by Gasteiger charge is -2.39. The van der Waals surface area contributed by atoms with Crippen LogP contribution in [0.25, 0.3) is 0 Å². The Kier molecular flexibility index (Phi) is 11.1. The SMILES string of the molecule is CCC(C)/C=C(C)/C=C/C1=CC2=C(Cl)C(=O)C(C)(OC(C)=O)C(=O)C2=CN1C1CCCCN(C(CCC(N)=O)C(=O)O)C1=O. The lowest BCUT2D eigenvalue weighted by Crippen LogP contribution is -2.54. The molecule has 12 heteroatoms. The van der Waals surface area contributed by atoms with Crippen LogP contribution in [0.2, 0.25) is 0 Å². The average Bonchev–Trinajstić information content (AvgIpc) is 3.14. The van der Waals surface area contributed by atoms with E-state index < -0.39 is 53.0 Å². The van der Waals surface area contributed by atoms with Crippen LogP contribution >= 0.6 is 11.6 Å². The van der Waals surface area contributed by atoms with E-state index in [0.717, 1.165) is 18.9 Å². The Balaban J connectivity index is 2.17. The lowest BCUT2D eigenvalue weighted by atomic mass is 9.79. The van der Waals surface area contributed by atoms with Crippen LogP contribution in [-0.2, 0) is 33.5 Å². The van der Waals surface area contributed by atoms with E-state index in [1.54, 1.807) is 11.0 Å². The summed E-state index contributed by atoms with van der Waals surface area (Å²) in [4.78, 5) is 79.4. The summed E-state index contributed by atoms with van der Waals surface area (Å²) >= 11 is 6.51. The second-order valence-electron chi connectivity index (χ2n) is 11.6. The maximum atomic E-state index is 14.1. The number of hydrogen-bond donors (Lipinski definition) is 2. The molecule has 2 heterocycles. The second kappa shape index (κ2) is 14.2. The zero-order valence-corrected chi connectivity index (χ0v) is 26.5. The van der Waals surface area contributed by atoms with Gasteiger partial charge in [-0.05, 0) is 57.6 Å². The van der Waals surface area contributed by atoms with Crippen LogP contribution in [0.1, 0.15) is 73.1 Å². The third kappa shape index (κ3) is 7.38. The topological polar surface area (TPSA) is 164 Å². The molecular weight excluding hydrogens is 590 g/mol. The zero-order chi connectivity index (χ0) is 32.9. The summed E-state index contributed by atoms with van der Waals surface area (Å²) in [6, 6.07) is -2.20. The first kappa shape index (κ1) is 34.5. The van der Waals surface area contributed by atoms with Gasteiger partial charge in [0.05, 0.1) is 5.03 Å². The van der Waals surface area contributed by atoms with Crippen molar-refractivity contribution in [3.05, 3.63) is 58.0 Å². The van der Waals surface area contributed by atoms with Crippen molar-refractivity contribution in [1.82, 2.24) is 9.80 Å². The normalized spacial score (nSPS) is 24.5. The van der Waals surface area contributed by atoms with Gasteiger partial charge in [0.2, 0.25) is 29.0 Å². The molecule has 3 N–H and O–H groups in total. The van der Waals surface area contributed by atoms with Gasteiger partial charge in [0, 0.05) is 42.9 Å². The molecule has 0 bridgehead atoms. The molecule has 0 spiro atoms. The summed E-state index contributed by atoms with van der Waals surface area (Å²) in [7, 11) is 0. The molecule has 2 aliphatic heterocycles. The summed E-state index contributed by atoms with van der Waals surface area (Å²) in [5, 5.41) is 9.68. The van der Waals surface area contributed by atoms with Crippen LogP contribution in [0.5, 0.6) is 0 Å². The van der Waals surface area contributed by atoms with Gasteiger partial charge in [0.1, 0.15) is 12.1 Å². The highest BCUT2D eigenvalue weighted by molar-refractivity contribution is 6.49. The summed E-state index contributed by atoms with van der Waals surface area (Å²) in [6.07, 6.45) is 10.7. The van der Waals surface area contributed by atoms with E-state index in [1.807, 2.05) is 13.0 Å². The molecule has 11 nitrogen and oxygen atoms in total. The van der Waals surface area contributed by atoms with Crippen molar-refractivity contribution in [1.29, 1.82) is 0 Å². The molecule has 0 aromatic rings. The third-order valence-corrected chi connectivity index (χ3v) is 8.48. The van der Waals surface area contributed by atoms with Gasteiger partial charge in [-0.15, -0.1) is 0 Å². The van der Waals surface area contributed by atoms with E-state index in [0.29, 0.717) is 30.9 Å². The molecule has 0 radical (unpaired) electrons. The average molecular weight is 630 g/mol. The summed E-state index contributed by atoms with van der Waals surface area (Å²) in [5.41, 5.74) is 4.58. The van der Waals surface area contributed by atoms with Crippen molar-refractivity contribution < 1.29 is 38.6 Å². The number of esters is 1. The molecule has 4 atom stereocenters. The number of Topliss-reactive ketones (excluding diaryl/α,β-unsaturated/α-hetero) is 2. The number of primary amides is 1. The molecule has 0 saturated carbocycles. The highest BCUT2D eigenvalue weighted by atomic mass is 35.5. The van der Waals surface area contributed by atoms with Crippen molar-refractivity contribution in [3.63, 3.8) is 0 Å². The number of allylic oxidation sites excluding steroid dienone is 6. The van der Waals surface area contributed by atoms with Crippen LogP contribution in [0, 0.1) is 5.92 Å². The number of nitrogens with zero attached hydrogens (tertiary/aromatic N) is 2. The summed E-state index contributed by atoms with van der Waals surface area (Å²) in [5.74, 6) is -4.61. The molecule has 3 rings (SSSR count). The minimum atomic E-state index is -2.19. The minimum absolute atomic E-state index is 0.0190. The molecule has 238 valence electrons. The number of amides is 2. The van der Waals surface area contributed by atoms with Gasteiger partial charge in [-0.3, -0.25) is 24.0 Å². The van der Waals surface area contributed by atoms with Crippen molar-refractivity contribution in [3.8, 4) is 0 Å². The Bertz CT molecular complexity index is 1410. The van der Waals surface area contributed by atoms with Gasteiger partial charge in [0.25, 0.3) is 0 Å². The summed E-state index contributed by atoms with van der Waals surface area (Å²) in [6.45, 7) is 8.50. The highest BCUT2D eigenvalue weighted by Gasteiger charge is 2.53. The van der Waals surface area contributed by atoms with E-state index in [1.165, 1.54) is 24.1 Å². The minimum Gasteiger partial charge on any atom is -0.480 e. The molecule has 4 unspecified atom stereocenters. The number of aliphatic carboxylic acids is 1. The van der Waals surface area contributed by atoms with Crippen LogP contribution in [0.4, 0.5) is 0 Å². The molecule has 0 aromatic carbocycles. The smallest absolute Gasteiger partial charge is 0.326 e. The van der Waals surface area contributed by atoms with Crippen molar-refractivity contribution in [2.45, 2.75) is 90.8 Å². The first-order chi connectivity index (χ1) is 20.6. The van der Waals surface area contributed by atoms with Gasteiger partial charge < -0.3 is 25.4 Å². The first-order valence-corrected chi connectivity index (χ1v) is 15.1. The van der Waals surface area contributed by atoms with Crippen LogP contribution in [0.15, 0.2) is 58.0 Å². The number of carboxylic acids is 1. The largest absolute Gasteiger partial charge is 0.480 e. The fourth-order valence-electron chi connectivity index (χ4n) is 5.56. The fraction of sp³-hybridized carbons (Fsp3) is 0.500.